The fourth-order valence-electron chi connectivity index (χ4n) is 4.26. The fourth-order valence-corrected chi connectivity index (χ4v) is 7.10. The van der Waals surface area contributed by atoms with E-state index in [1.54, 1.807) is 23.1 Å². The maximum atomic E-state index is 13.0. The van der Waals surface area contributed by atoms with Gasteiger partial charge in [-0.2, -0.15) is 0 Å². The minimum absolute atomic E-state index is 0.0355. The number of benzene rings is 2. The van der Waals surface area contributed by atoms with Crippen LogP contribution in [0, 0.1) is 0 Å². The zero-order valence-corrected chi connectivity index (χ0v) is 22.7. The lowest BCUT2D eigenvalue weighted by molar-refractivity contribution is -0.113. The van der Waals surface area contributed by atoms with Gasteiger partial charge in [-0.3, -0.25) is 4.79 Å². The molecule has 1 N–H and O–H groups in total. The molecule has 0 unspecified atom stereocenters. The maximum Gasteiger partial charge on any atom is 0.234 e. The Labute approximate surface area is 218 Å². The van der Waals surface area contributed by atoms with Gasteiger partial charge in [0.15, 0.2) is 5.16 Å². The fraction of sp³-hybridized carbons (Fsp3) is 0.370. The lowest BCUT2D eigenvalue weighted by atomic mass is 9.90. The van der Waals surface area contributed by atoms with Gasteiger partial charge >= 0.3 is 0 Å². The summed E-state index contributed by atoms with van der Waals surface area (Å²) in [7, 11) is 0. The van der Waals surface area contributed by atoms with Gasteiger partial charge in [0.05, 0.1) is 18.0 Å². The van der Waals surface area contributed by atoms with Crippen molar-refractivity contribution in [2.24, 2.45) is 0 Å². The summed E-state index contributed by atoms with van der Waals surface area (Å²) in [6, 6.07) is 14.1. The van der Waals surface area contributed by atoms with Crippen molar-refractivity contribution in [2.45, 2.75) is 62.4 Å². The number of thiophene rings is 1. The Balaban J connectivity index is 1.43. The average molecular weight is 524 g/mol. The first-order valence-corrected chi connectivity index (χ1v) is 14.8. The smallest absolute Gasteiger partial charge is 0.234 e. The molecule has 0 saturated carbocycles. The molecule has 0 fully saturated rings. The SMILES string of the molecule is CCCSc1nc(SCC(=O)Nc2cccc3ccccc23)c2c3c(sc2n1)CO[C@](C)(CC)C3. The number of anilines is 1. The largest absolute Gasteiger partial charge is 0.369 e. The highest BCUT2D eigenvalue weighted by Crippen LogP contribution is 2.43. The maximum absolute atomic E-state index is 13.0. The predicted octanol–water partition coefficient (Wildman–Crippen LogP) is 7.32. The minimum Gasteiger partial charge on any atom is -0.369 e. The highest BCUT2D eigenvalue weighted by molar-refractivity contribution is 8.00. The summed E-state index contributed by atoms with van der Waals surface area (Å²) in [6.45, 7) is 7.12. The molecule has 5 rings (SSSR count). The van der Waals surface area contributed by atoms with Crippen molar-refractivity contribution in [3.05, 3.63) is 52.9 Å². The second-order valence-corrected chi connectivity index (χ2v) is 12.1. The van der Waals surface area contributed by atoms with Crippen LogP contribution in [-0.4, -0.2) is 33.0 Å². The summed E-state index contributed by atoms with van der Waals surface area (Å²) >= 11 is 4.89. The number of hydrogen-bond donors (Lipinski definition) is 1. The van der Waals surface area contributed by atoms with E-state index in [2.05, 4.69) is 38.2 Å². The number of carbonyl (C=O) groups is 1. The molecule has 8 heteroatoms. The first-order chi connectivity index (χ1) is 17.0. The number of aromatic nitrogens is 2. The molecule has 1 atom stereocenters. The van der Waals surface area contributed by atoms with Crippen LogP contribution >= 0.6 is 34.9 Å². The van der Waals surface area contributed by atoms with Crippen molar-refractivity contribution in [3.8, 4) is 0 Å². The molecule has 0 spiro atoms. The molecule has 1 aliphatic heterocycles. The van der Waals surface area contributed by atoms with E-state index in [9.17, 15) is 4.79 Å². The lowest BCUT2D eigenvalue weighted by Crippen LogP contribution is -2.33. The monoisotopic (exact) mass is 523 g/mol. The van der Waals surface area contributed by atoms with Crippen LogP contribution in [-0.2, 0) is 22.6 Å². The van der Waals surface area contributed by atoms with Crippen molar-refractivity contribution in [1.82, 2.24) is 9.97 Å². The molecule has 0 saturated heterocycles. The minimum atomic E-state index is -0.176. The van der Waals surface area contributed by atoms with E-state index in [-0.39, 0.29) is 11.5 Å². The van der Waals surface area contributed by atoms with Gasteiger partial charge in [0.2, 0.25) is 5.91 Å². The van der Waals surface area contributed by atoms with Crippen molar-refractivity contribution in [2.75, 3.05) is 16.8 Å². The third kappa shape index (κ3) is 5.21. The summed E-state index contributed by atoms with van der Waals surface area (Å²) in [5.41, 5.74) is 1.96. The Hall–Kier alpha value is -2.13. The average Bonchev–Trinajstić information content (AvgIpc) is 3.23. The van der Waals surface area contributed by atoms with E-state index in [0.29, 0.717) is 12.4 Å². The molecule has 3 heterocycles. The third-order valence-corrected chi connectivity index (χ3v) is 9.50. The van der Waals surface area contributed by atoms with Gasteiger partial charge in [0.25, 0.3) is 0 Å². The number of fused-ring (bicyclic) bond motifs is 4. The zero-order chi connectivity index (χ0) is 24.4. The third-order valence-electron chi connectivity index (χ3n) is 6.37. The van der Waals surface area contributed by atoms with E-state index in [4.69, 9.17) is 14.7 Å². The Kier molecular flexibility index (Phi) is 7.34. The Morgan fingerprint density at radius 3 is 2.80 bits per heavy atom. The standard InChI is InChI=1S/C27H29N3O2S3/c1-4-13-33-26-29-24(23-19-14-27(3,5-2)32-15-21(19)35-25(23)30-26)34-16-22(31)28-20-12-8-10-17-9-6-7-11-18(17)20/h6-12H,4-5,13-16H2,1-3H3,(H,28,31)/t27-/m1/s1. The molecule has 182 valence electrons. The van der Waals surface area contributed by atoms with Gasteiger partial charge < -0.3 is 10.1 Å². The van der Waals surface area contributed by atoms with Crippen LogP contribution in [0.15, 0.2) is 52.6 Å². The van der Waals surface area contributed by atoms with Crippen LogP contribution in [0.1, 0.15) is 44.1 Å². The Morgan fingerprint density at radius 2 is 1.97 bits per heavy atom. The van der Waals surface area contributed by atoms with Gasteiger partial charge in [-0.1, -0.05) is 73.8 Å². The van der Waals surface area contributed by atoms with Crippen molar-refractivity contribution in [1.29, 1.82) is 0 Å². The lowest BCUT2D eigenvalue weighted by Gasteiger charge is -2.33. The van der Waals surface area contributed by atoms with Crippen LogP contribution in [0.5, 0.6) is 0 Å². The number of ether oxygens (including phenoxy) is 1. The molecule has 0 radical (unpaired) electrons. The van der Waals surface area contributed by atoms with Gasteiger partial charge in [-0.25, -0.2) is 9.97 Å². The topological polar surface area (TPSA) is 64.1 Å². The highest BCUT2D eigenvalue weighted by atomic mass is 32.2. The number of hydrogen-bond acceptors (Lipinski definition) is 7. The molecular formula is C27H29N3O2S3. The second-order valence-electron chi connectivity index (χ2n) is 8.98. The highest BCUT2D eigenvalue weighted by Gasteiger charge is 2.33. The molecule has 0 aliphatic carbocycles. The van der Waals surface area contributed by atoms with Crippen LogP contribution in [0.4, 0.5) is 5.69 Å². The molecule has 4 aromatic rings. The number of nitrogens with zero attached hydrogens (tertiary/aromatic N) is 2. The summed E-state index contributed by atoms with van der Waals surface area (Å²) < 4.78 is 6.19. The van der Waals surface area contributed by atoms with E-state index in [0.717, 1.165) is 61.9 Å². The van der Waals surface area contributed by atoms with Gasteiger partial charge in [0, 0.05) is 33.5 Å². The number of rotatable bonds is 8. The van der Waals surface area contributed by atoms with Crippen LogP contribution < -0.4 is 5.32 Å². The Bertz CT molecular complexity index is 1380. The molecule has 5 nitrogen and oxygen atoms in total. The zero-order valence-electron chi connectivity index (χ0n) is 20.2. The number of nitrogens with one attached hydrogen (secondary N) is 1. The molecule has 2 aromatic heterocycles. The first kappa shape index (κ1) is 24.6. The van der Waals surface area contributed by atoms with Gasteiger partial charge in [-0.15, -0.1) is 11.3 Å². The summed E-state index contributed by atoms with van der Waals surface area (Å²) in [4.78, 5) is 25.0. The molecule has 0 bridgehead atoms. The molecule has 1 amide bonds. The quantitative estimate of drug-likeness (QED) is 0.148. The van der Waals surface area contributed by atoms with E-state index >= 15 is 0 Å². The van der Waals surface area contributed by atoms with E-state index in [1.807, 2.05) is 30.3 Å². The number of amides is 1. The Morgan fingerprint density at radius 1 is 1.14 bits per heavy atom. The van der Waals surface area contributed by atoms with Crippen molar-refractivity contribution >= 4 is 67.4 Å². The summed E-state index contributed by atoms with van der Waals surface area (Å²) in [6.07, 6.45) is 2.86. The predicted molar refractivity (Wildman–Crippen MR) is 149 cm³/mol. The first-order valence-electron chi connectivity index (χ1n) is 12.0. The van der Waals surface area contributed by atoms with Crippen molar-refractivity contribution < 1.29 is 9.53 Å². The summed E-state index contributed by atoms with van der Waals surface area (Å²) in [5, 5.41) is 8.06. The van der Waals surface area contributed by atoms with Crippen molar-refractivity contribution in [3.63, 3.8) is 0 Å². The van der Waals surface area contributed by atoms with Crippen LogP contribution in [0.2, 0.25) is 0 Å². The molecule has 2 aromatic carbocycles. The number of carbonyl (C=O) groups excluding carboxylic acids is 1. The summed E-state index contributed by atoms with van der Waals surface area (Å²) in [5.74, 6) is 1.23. The van der Waals surface area contributed by atoms with Gasteiger partial charge in [0.1, 0.15) is 9.86 Å². The molecule has 1 aliphatic rings. The molecular weight excluding hydrogens is 495 g/mol. The molecule has 35 heavy (non-hydrogen) atoms. The normalized spacial score (nSPS) is 17.6. The van der Waals surface area contributed by atoms with Crippen LogP contribution in [0.3, 0.4) is 0 Å². The van der Waals surface area contributed by atoms with E-state index in [1.165, 1.54) is 22.2 Å². The number of thioether (sulfide) groups is 2. The van der Waals surface area contributed by atoms with Gasteiger partial charge in [-0.05, 0) is 36.8 Å². The van der Waals surface area contributed by atoms with Crippen LogP contribution in [0.25, 0.3) is 21.0 Å². The van der Waals surface area contributed by atoms with E-state index < -0.39 is 0 Å². The second kappa shape index (κ2) is 10.5.